The number of Topliss-reactive ketones (excluding diaryl/α,β-unsaturated/α-hetero) is 1. The monoisotopic (exact) mass is 409 g/mol. The molecule has 158 valence electrons. The Morgan fingerprint density at radius 3 is 2.63 bits per heavy atom. The highest BCUT2D eigenvalue weighted by Gasteiger charge is 2.28. The number of aryl methyl sites for hydroxylation is 1. The Morgan fingerprint density at radius 2 is 1.97 bits per heavy atom. The van der Waals surface area contributed by atoms with E-state index in [-0.39, 0.29) is 18.1 Å². The number of nitrogens with zero attached hydrogens (tertiary/aromatic N) is 5. The summed E-state index contributed by atoms with van der Waals surface area (Å²) in [7, 11) is 1.89. The number of carbonyl (C=O) groups is 1. The van der Waals surface area contributed by atoms with Crippen molar-refractivity contribution in [3.63, 3.8) is 0 Å². The Morgan fingerprint density at radius 1 is 1.20 bits per heavy atom. The maximum Gasteiger partial charge on any atom is 0.143 e. The molecule has 3 aromatic rings. The van der Waals surface area contributed by atoms with Crippen LogP contribution in [0.5, 0.6) is 0 Å². The molecule has 30 heavy (non-hydrogen) atoms. The van der Waals surface area contributed by atoms with Crippen LogP contribution >= 0.6 is 0 Å². The average molecular weight is 410 g/mol. The fourth-order valence-electron chi connectivity index (χ4n) is 4.14. The van der Waals surface area contributed by atoms with Crippen molar-refractivity contribution in [1.82, 2.24) is 24.6 Å². The van der Waals surface area contributed by atoms with Gasteiger partial charge in [-0.25, -0.2) is 14.4 Å². The highest BCUT2D eigenvalue weighted by Crippen LogP contribution is 2.24. The number of piperidine rings is 1. The Bertz CT molecular complexity index is 1050. The van der Waals surface area contributed by atoms with Gasteiger partial charge in [0.15, 0.2) is 0 Å². The molecule has 1 aliphatic heterocycles. The van der Waals surface area contributed by atoms with Gasteiger partial charge in [0.2, 0.25) is 0 Å². The van der Waals surface area contributed by atoms with Gasteiger partial charge in [0, 0.05) is 42.9 Å². The summed E-state index contributed by atoms with van der Waals surface area (Å²) in [6.45, 7) is 5.14. The Labute approximate surface area is 176 Å². The first-order chi connectivity index (χ1) is 14.3. The van der Waals surface area contributed by atoms with E-state index in [4.69, 9.17) is 0 Å². The number of rotatable bonds is 6. The number of hydrogen-bond donors (Lipinski definition) is 0. The molecule has 1 fully saturated rings. The second kappa shape index (κ2) is 8.22. The average Bonchev–Trinajstić information content (AvgIpc) is 3.13. The molecule has 0 saturated carbocycles. The topological polar surface area (TPSA) is 63.9 Å². The number of benzene rings is 1. The third kappa shape index (κ3) is 4.90. The van der Waals surface area contributed by atoms with Crippen LogP contribution in [0.1, 0.15) is 32.5 Å². The molecule has 6 nitrogen and oxygen atoms in total. The molecule has 0 radical (unpaired) electrons. The van der Waals surface area contributed by atoms with Gasteiger partial charge in [0.25, 0.3) is 0 Å². The van der Waals surface area contributed by atoms with Crippen LogP contribution in [-0.4, -0.2) is 55.7 Å². The summed E-state index contributed by atoms with van der Waals surface area (Å²) in [6.07, 6.45) is 7.35. The van der Waals surface area contributed by atoms with Crippen LogP contribution in [0, 0.1) is 5.92 Å². The summed E-state index contributed by atoms with van der Waals surface area (Å²) < 4.78 is 15.6. The van der Waals surface area contributed by atoms with Gasteiger partial charge in [-0.05, 0) is 51.4 Å². The van der Waals surface area contributed by atoms with Crippen molar-refractivity contribution in [3.8, 4) is 11.1 Å². The van der Waals surface area contributed by atoms with E-state index in [1.54, 1.807) is 24.7 Å². The van der Waals surface area contributed by atoms with E-state index < -0.39 is 5.67 Å². The van der Waals surface area contributed by atoms with Crippen LogP contribution < -0.4 is 0 Å². The van der Waals surface area contributed by atoms with Gasteiger partial charge < -0.3 is 4.90 Å². The van der Waals surface area contributed by atoms with Gasteiger partial charge in [-0.3, -0.25) is 9.48 Å². The zero-order chi connectivity index (χ0) is 21.3. The van der Waals surface area contributed by atoms with E-state index in [1.165, 1.54) is 0 Å². The molecule has 0 bridgehead atoms. The number of likely N-dealkylation sites (tertiary alicyclic amines) is 1. The Hall–Kier alpha value is -2.67. The molecule has 0 spiro atoms. The number of fused-ring (bicyclic) bond motifs is 1. The van der Waals surface area contributed by atoms with Gasteiger partial charge in [-0.2, -0.15) is 5.10 Å². The van der Waals surface area contributed by atoms with E-state index in [0.717, 1.165) is 48.0 Å². The molecule has 1 aromatic carbocycles. The highest BCUT2D eigenvalue weighted by atomic mass is 19.1. The van der Waals surface area contributed by atoms with Gasteiger partial charge in [-0.15, -0.1) is 0 Å². The van der Waals surface area contributed by atoms with Crippen molar-refractivity contribution in [2.24, 2.45) is 13.0 Å². The van der Waals surface area contributed by atoms with E-state index >= 15 is 0 Å². The predicted molar refractivity (Wildman–Crippen MR) is 115 cm³/mol. The quantitative estimate of drug-likeness (QED) is 0.622. The van der Waals surface area contributed by atoms with Crippen molar-refractivity contribution in [1.29, 1.82) is 0 Å². The van der Waals surface area contributed by atoms with E-state index in [0.29, 0.717) is 12.4 Å². The number of halogens is 1. The smallest absolute Gasteiger partial charge is 0.143 e. The van der Waals surface area contributed by atoms with Gasteiger partial charge in [-0.1, -0.05) is 12.1 Å². The van der Waals surface area contributed by atoms with Crippen molar-refractivity contribution in [2.45, 2.75) is 38.8 Å². The zero-order valence-electron chi connectivity index (χ0n) is 17.8. The number of hydrogen-bond acceptors (Lipinski definition) is 5. The lowest BCUT2D eigenvalue weighted by atomic mass is 9.90. The third-order valence-electron chi connectivity index (χ3n) is 5.65. The van der Waals surface area contributed by atoms with Gasteiger partial charge in [0.05, 0.1) is 18.1 Å². The maximum atomic E-state index is 13.9. The zero-order valence-corrected chi connectivity index (χ0v) is 17.8. The van der Waals surface area contributed by atoms with Crippen LogP contribution in [0.4, 0.5) is 4.39 Å². The molecule has 1 saturated heterocycles. The molecule has 0 amide bonds. The molecule has 3 heterocycles. The van der Waals surface area contributed by atoms with Crippen LogP contribution in [0.3, 0.4) is 0 Å². The summed E-state index contributed by atoms with van der Waals surface area (Å²) in [5.41, 5.74) is 1.69. The van der Waals surface area contributed by atoms with Crippen LogP contribution in [0.2, 0.25) is 0 Å². The molecule has 7 heteroatoms. The number of alkyl halides is 1. The minimum absolute atomic E-state index is 0.00463. The number of aromatic nitrogens is 4. The minimum atomic E-state index is -1.20. The second-order valence-corrected chi connectivity index (χ2v) is 8.87. The SMILES string of the molecule is Cn1cc(-c2ccc3cnc(CC(=O)C4CCN(CC(C)(C)F)CC4)nc3c2)cn1. The van der Waals surface area contributed by atoms with Crippen molar-refractivity contribution >= 4 is 16.7 Å². The molecule has 0 unspecified atom stereocenters. The summed E-state index contributed by atoms with van der Waals surface area (Å²) in [4.78, 5) is 24.0. The summed E-state index contributed by atoms with van der Waals surface area (Å²) in [5.74, 6) is 0.741. The van der Waals surface area contributed by atoms with Gasteiger partial charge in [0.1, 0.15) is 17.3 Å². The normalized spacial score (nSPS) is 16.3. The first-order valence-electron chi connectivity index (χ1n) is 10.5. The molecular weight excluding hydrogens is 381 g/mol. The lowest BCUT2D eigenvalue weighted by Gasteiger charge is -2.33. The lowest BCUT2D eigenvalue weighted by Crippen LogP contribution is -2.42. The van der Waals surface area contributed by atoms with Gasteiger partial charge >= 0.3 is 0 Å². The number of ketones is 1. The first kappa shape index (κ1) is 20.6. The number of carbonyl (C=O) groups excluding carboxylic acids is 1. The molecule has 4 rings (SSSR count). The standard InChI is InChI=1S/C23H28FN5O/c1-23(2,24)15-29-8-6-16(7-9-29)21(30)11-22-25-12-18-5-4-17(10-20(18)27-22)19-13-26-28(3)14-19/h4-5,10,12-14,16H,6-9,11,15H2,1-3H3. The highest BCUT2D eigenvalue weighted by molar-refractivity contribution is 5.85. The van der Waals surface area contributed by atoms with Crippen LogP contribution in [0.25, 0.3) is 22.0 Å². The first-order valence-corrected chi connectivity index (χ1v) is 10.5. The van der Waals surface area contributed by atoms with E-state index in [1.807, 2.05) is 37.6 Å². The fourth-order valence-corrected chi connectivity index (χ4v) is 4.14. The van der Waals surface area contributed by atoms with Crippen LogP contribution in [-0.2, 0) is 18.3 Å². The summed E-state index contributed by atoms with van der Waals surface area (Å²) >= 11 is 0. The van der Waals surface area contributed by atoms with E-state index in [2.05, 4.69) is 20.0 Å². The molecule has 0 atom stereocenters. The third-order valence-corrected chi connectivity index (χ3v) is 5.65. The fraction of sp³-hybridized carbons (Fsp3) is 0.478. The minimum Gasteiger partial charge on any atom is -0.300 e. The second-order valence-electron chi connectivity index (χ2n) is 8.87. The molecule has 0 N–H and O–H groups in total. The van der Waals surface area contributed by atoms with Crippen molar-refractivity contribution in [3.05, 3.63) is 42.6 Å². The Balaban J connectivity index is 1.43. The van der Waals surface area contributed by atoms with E-state index in [9.17, 15) is 9.18 Å². The van der Waals surface area contributed by atoms with Crippen LogP contribution in [0.15, 0.2) is 36.8 Å². The maximum absolute atomic E-state index is 13.9. The molecule has 0 aliphatic carbocycles. The largest absolute Gasteiger partial charge is 0.300 e. The molecule has 1 aliphatic rings. The van der Waals surface area contributed by atoms with Crippen molar-refractivity contribution < 1.29 is 9.18 Å². The molecule has 2 aromatic heterocycles. The Kier molecular flexibility index (Phi) is 5.64. The lowest BCUT2D eigenvalue weighted by molar-refractivity contribution is -0.123. The summed E-state index contributed by atoms with van der Waals surface area (Å²) in [6, 6.07) is 6.03. The molecular formula is C23H28FN5O. The van der Waals surface area contributed by atoms with Crippen molar-refractivity contribution in [2.75, 3.05) is 19.6 Å². The predicted octanol–water partition coefficient (Wildman–Crippen LogP) is 3.60. The summed E-state index contributed by atoms with van der Waals surface area (Å²) in [5, 5.41) is 5.17.